The molecule has 1 aromatic carbocycles. The Labute approximate surface area is 126 Å². The molecular formula is C15H23FN2O2S. The summed E-state index contributed by atoms with van der Waals surface area (Å²) in [5.74, 6) is -0.537. The average Bonchev–Trinajstić information content (AvgIpc) is 2.42. The molecule has 1 fully saturated rings. The lowest BCUT2D eigenvalue weighted by molar-refractivity contribution is 0.166. The third-order valence-electron chi connectivity index (χ3n) is 4.13. The molecule has 0 radical (unpaired) electrons. The van der Waals surface area contributed by atoms with Crippen molar-refractivity contribution in [2.75, 3.05) is 13.1 Å². The quantitative estimate of drug-likeness (QED) is 0.812. The molecule has 0 heterocycles. The Bertz CT molecular complexity index is 598. The third kappa shape index (κ3) is 4.02. The molecule has 6 heteroatoms. The first-order valence-electron chi connectivity index (χ1n) is 7.35. The van der Waals surface area contributed by atoms with E-state index in [1.807, 2.05) is 6.92 Å². The van der Waals surface area contributed by atoms with Crippen LogP contribution in [-0.2, 0) is 16.6 Å². The van der Waals surface area contributed by atoms with E-state index >= 15 is 0 Å². The number of hydrogen-bond donors (Lipinski definition) is 2. The number of rotatable bonds is 7. The van der Waals surface area contributed by atoms with Crippen molar-refractivity contribution in [1.29, 1.82) is 0 Å². The molecule has 4 nitrogen and oxygen atoms in total. The van der Waals surface area contributed by atoms with Crippen LogP contribution >= 0.6 is 0 Å². The van der Waals surface area contributed by atoms with Crippen LogP contribution in [0.3, 0.4) is 0 Å². The number of halogens is 1. The van der Waals surface area contributed by atoms with Gasteiger partial charge in [0.1, 0.15) is 5.82 Å². The Kier molecular flexibility index (Phi) is 5.01. The molecule has 0 spiro atoms. The fourth-order valence-corrected chi connectivity index (χ4v) is 3.94. The lowest BCUT2D eigenvalue weighted by atomic mass is 9.71. The molecular weight excluding hydrogens is 291 g/mol. The van der Waals surface area contributed by atoms with E-state index in [4.69, 9.17) is 0 Å². The highest BCUT2D eigenvalue weighted by atomic mass is 32.2. The molecule has 1 aliphatic carbocycles. The van der Waals surface area contributed by atoms with Crippen molar-refractivity contribution in [3.05, 3.63) is 29.6 Å². The molecule has 0 aliphatic heterocycles. The summed E-state index contributed by atoms with van der Waals surface area (Å²) >= 11 is 0. The minimum Gasteiger partial charge on any atom is -0.313 e. The van der Waals surface area contributed by atoms with Crippen molar-refractivity contribution in [3.8, 4) is 0 Å². The van der Waals surface area contributed by atoms with Gasteiger partial charge in [0.2, 0.25) is 10.0 Å². The number of sulfonamides is 1. The lowest BCUT2D eigenvalue weighted by Gasteiger charge is -2.38. The molecule has 1 aliphatic rings. The SMILES string of the molecule is CCNCc1ccc(F)cc1S(=O)(=O)NCC1(C)CCC1. The summed E-state index contributed by atoms with van der Waals surface area (Å²) in [6.45, 7) is 5.55. The first-order valence-corrected chi connectivity index (χ1v) is 8.83. The average molecular weight is 314 g/mol. The van der Waals surface area contributed by atoms with E-state index in [2.05, 4.69) is 17.0 Å². The van der Waals surface area contributed by atoms with Crippen molar-refractivity contribution < 1.29 is 12.8 Å². The molecule has 118 valence electrons. The van der Waals surface area contributed by atoms with Crippen molar-refractivity contribution >= 4 is 10.0 Å². The molecule has 0 aromatic heterocycles. The molecule has 0 unspecified atom stereocenters. The predicted molar refractivity (Wildman–Crippen MR) is 80.9 cm³/mol. The summed E-state index contributed by atoms with van der Waals surface area (Å²) in [7, 11) is -3.68. The first-order chi connectivity index (χ1) is 9.86. The van der Waals surface area contributed by atoms with Gasteiger partial charge in [0.15, 0.2) is 0 Å². The fourth-order valence-electron chi connectivity index (χ4n) is 2.49. The normalized spacial score (nSPS) is 17.5. The lowest BCUT2D eigenvalue weighted by Crippen LogP contribution is -2.40. The minimum absolute atomic E-state index is 0.0337. The van der Waals surface area contributed by atoms with Crippen LogP contribution in [-0.4, -0.2) is 21.5 Å². The summed E-state index contributed by atoms with van der Waals surface area (Å²) in [6.07, 6.45) is 3.20. The van der Waals surface area contributed by atoms with Crippen molar-refractivity contribution in [1.82, 2.24) is 10.0 Å². The third-order valence-corrected chi connectivity index (χ3v) is 5.62. The maximum absolute atomic E-state index is 13.4. The zero-order chi connectivity index (χ0) is 15.5. The molecule has 2 N–H and O–H groups in total. The molecule has 1 saturated carbocycles. The van der Waals surface area contributed by atoms with Crippen molar-refractivity contribution in [3.63, 3.8) is 0 Å². The first kappa shape index (κ1) is 16.4. The van der Waals surface area contributed by atoms with E-state index in [9.17, 15) is 12.8 Å². The van der Waals surface area contributed by atoms with Crippen LogP contribution < -0.4 is 10.0 Å². The van der Waals surface area contributed by atoms with Gasteiger partial charge in [-0.3, -0.25) is 0 Å². The highest BCUT2D eigenvalue weighted by molar-refractivity contribution is 7.89. The van der Waals surface area contributed by atoms with E-state index < -0.39 is 15.8 Å². The molecule has 0 amide bonds. The Balaban J connectivity index is 2.19. The number of benzene rings is 1. The molecule has 0 bridgehead atoms. The molecule has 2 rings (SSSR count). The highest BCUT2D eigenvalue weighted by Gasteiger charge is 2.33. The minimum atomic E-state index is -3.68. The Morgan fingerprint density at radius 3 is 2.62 bits per heavy atom. The van der Waals surface area contributed by atoms with Gasteiger partial charge in [-0.15, -0.1) is 0 Å². The summed E-state index contributed by atoms with van der Waals surface area (Å²) in [5, 5.41) is 3.08. The van der Waals surface area contributed by atoms with E-state index in [0.29, 0.717) is 18.7 Å². The van der Waals surface area contributed by atoms with Gasteiger partial charge in [-0.05, 0) is 42.5 Å². The van der Waals surface area contributed by atoms with Gasteiger partial charge in [0, 0.05) is 13.1 Å². The summed E-state index contributed by atoms with van der Waals surface area (Å²) in [4.78, 5) is 0.0337. The second-order valence-electron chi connectivity index (χ2n) is 6.02. The molecule has 21 heavy (non-hydrogen) atoms. The zero-order valence-electron chi connectivity index (χ0n) is 12.6. The highest BCUT2D eigenvalue weighted by Crippen LogP contribution is 2.39. The van der Waals surface area contributed by atoms with E-state index in [1.54, 1.807) is 0 Å². The largest absolute Gasteiger partial charge is 0.313 e. The monoisotopic (exact) mass is 314 g/mol. The van der Waals surface area contributed by atoms with Crippen LogP contribution in [0.25, 0.3) is 0 Å². The number of nitrogens with one attached hydrogen (secondary N) is 2. The van der Waals surface area contributed by atoms with Crippen LogP contribution in [0.1, 0.15) is 38.7 Å². The summed E-state index contributed by atoms with van der Waals surface area (Å²) in [6, 6.07) is 3.91. The van der Waals surface area contributed by atoms with Gasteiger partial charge in [-0.25, -0.2) is 17.5 Å². The predicted octanol–water partition coefficient (Wildman–Crippen LogP) is 2.40. The fraction of sp³-hybridized carbons (Fsp3) is 0.600. The van der Waals surface area contributed by atoms with Crippen LogP contribution in [0.5, 0.6) is 0 Å². The zero-order valence-corrected chi connectivity index (χ0v) is 13.4. The van der Waals surface area contributed by atoms with Gasteiger partial charge in [-0.1, -0.05) is 26.3 Å². The topological polar surface area (TPSA) is 58.2 Å². The molecule has 0 atom stereocenters. The van der Waals surface area contributed by atoms with Crippen LogP contribution in [0.2, 0.25) is 0 Å². The molecule has 1 aromatic rings. The van der Waals surface area contributed by atoms with E-state index in [1.165, 1.54) is 12.1 Å². The van der Waals surface area contributed by atoms with Crippen LogP contribution in [0.15, 0.2) is 23.1 Å². The molecule has 0 saturated heterocycles. The van der Waals surface area contributed by atoms with E-state index in [0.717, 1.165) is 31.9 Å². The second kappa shape index (κ2) is 6.42. The maximum atomic E-state index is 13.4. The summed E-state index contributed by atoms with van der Waals surface area (Å²) < 4.78 is 41.0. The summed E-state index contributed by atoms with van der Waals surface area (Å²) in [5.41, 5.74) is 0.631. The van der Waals surface area contributed by atoms with Crippen LogP contribution in [0, 0.1) is 11.2 Å². The van der Waals surface area contributed by atoms with Crippen molar-refractivity contribution in [2.45, 2.75) is 44.6 Å². The standard InChI is InChI=1S/C15H23FN2O2S/c1-3-17-10-12-5-6-13(16)9-14(12)21(19,20)18-11-15(2)7-4-8-15/h5-6,9,17-18H,3-4,7-8,10-11H2,1-2H3. The van der Waals surface area contributed by atoms with Gasteiger partial charge in [-0.2, -0.15) is 0 Å². The maximum Gasteiger partial charge on any atom is 0.241 e. The van der Waals surface area contributed by atoms with Crippen molar-refractivity contribution in [2.24, 2.45) is 5.41 Å². The van der Waals surface area contributed by atoms with Gasteiger partial charge >= 0.3 is 0 Å². The Hall–Kier alpha value is -0.980. The second-order valence-corrected chi connectivity index (χ2v) is 7.76. The Morgan fingerprint density at radius 2 is 2.05 bits per heavy atom. The number of hydrogen-bond acceptors (Lipinski definition) is 3. The van der Waals surface area contributed by atoms with Gasteiger partial charge in [0.05, 0.1) is 4.90 Å². The van der Waals surface area contributed by atoms with E-state index in [-0.39, 0.29) is 10.3 Å². The van der Waals surface area contributed by atoms with Gasteiger partial charge in [0.25, 0.3) is 0 Å². The van der Waals surface area contributed by atoms with Gasteiger partial charge < -0.3 is 5.32 Å². The smallest absolute Gasteiger partial charge is 0.241 e. The Morgan fingerprint density at radius 1 is 1.33 bits per heavy atom. The van der Waals surface area contributed by atoms with Crippen LogP contribution in [0.4, 0.5) is 4.39 Å².